The van der Waals surface area contributed by atoms with E-state index in [1.165, 1.54) is 0 Å². The minimum atomic E-state index is 0.720. The van der Waals surface area contributed by atoms with Gasteiger partial charge in [-0.15, -0.1) is 0 Å². The number of aromatic nitrogens is 2. The third-order valence-electron chi connectivity index (χ3n) is 1.87. The molecule has 2 rings (SSSR count). The van der Waals surface area contributed by atoms with Crippen molar-refractivity contribution >= 4 is 11.6 Å². The molecule has 2 nitrogen and oxygen atoms in total. The van der Waals surface area contributed by atoms with Gasteiger partial charge in [0.05, 0.1) is 11.4 Å². The SMILES string of the molecule is Cc1[c]cc(-c2ccc(Cl)cc2)nn1. The Labute approximate surface area is 87.6 Å². The average molecular weight is 204 g/mol. The Morgan fingerprint density at radius 3 is 2.43 bits per heavy atom. The summed E-state index contributed by atoms with van der Waals surface area (Å²) in [5.41, 5.74) is 2.60. The van der Waals surface area contributed by atoms with Gasteiger partial charge in [-0.1, -0.05) is 23.7 Å². The van der Waals surface area contributed by atoms with Gasteiger partial charge in [0.2, 0.25) is 0 Å². The number of hydrogen-bond acceptors (Lipinski definition) is 2. The van der Waals surface area contributed by atoms with Crippen molar-refractivity contribution in [2.45, 2.75) is 6.92 Å². The van der Waals surface area contributed by atoms with E-state index >= 15 is 0 Å². The summed E-state index contributed by atoms with van der Waals surface area (Å²) in [6, 6.07) is 12.3. The molecule has 14 heavy (non-hydrogen) atoms. The quantitative estimate of drug-likeness (QED) is 0.712. The van der Waals surface area contributed by atoms with Crippen molar-refractivity contribution in [2.75, 3.05) is 0 Å². The normalized spacial score (nSPS) is 10.1. The van der Waals surface area contributed by atoms with Crippen molar-refractivity contribution in [3.63, 3.8) is 0 Å². The number of nitrogens with zero attached hydrogens (tertiary/aromatic N) is 2. The molecule has 0 atom stereocenters. The van der Waals surface area contributed by atoms with Crippen LogP contribution in [0.15, 0.2) is 30.3 Å². The molecule has 2 aromatic rings. The number of halogens is 1. The first-order valence-electron chi connectivity index (χ1n) is 4.23. The second-order valence-electron chi connectivity index (χ2n) is 2.97. The van der Waals surface area contributed by atoms with Gasteiger partial charge in [0.15, 0.2) is 0 Å². The lowest BCUT2D eigenvalue weighted by molar-refractivity contribution is 0.984. The van der Waals surface area contributed by atoms with Gasteiger partial charge in [0, 0.05) is 16.7 Å². The molecule has 0 saturated carbocycles. The van der Waals surface area contributed by atoms with Gasteiger partial charge in [-0.05, 0) is 25.1 Å². The molecule has 0 aliphatic carbocycles. The fourth-order valence-corrected chi connectivity index (χ4v) is 1.25. The van der Waals surface area contributed by atoms with Gasteiger partial charge in [0.25, 0.3) is 0 Å². The van der Waals surface area contributed by atoms with Crippen LogP contribution in [-0.4, -0.2) is 10.2 Å². The molecule has 0 saturated heterocycles. The molecule has 0 aliphatic heterocycles. The second kappa shape index (κ2) is 3.76. The zero-order chi connectivity index (χ0) is 9.97. The topological polar surface area (TPSA) is 25.8 Å². The Morgan fingerprint density at radius 1 is 1.14 bits per heavy atom. The molecular weight excluding hydrogens is 196 g/mol. The molecule has 0 bridgehead atoms. The zero-order valence-corrected chi connectivity index (χ0v) is 8.42. The molecule has 0 aliphatic rings. The second-order valence-corrected chi connectivity index (χ2v) is 3.40. The summed E-state index contributed by atoms with van der Waals surface area (Å²) < 4.78 is 0. The maximum Gasteiger partial charge on any atom is 0.0936 e. The fourth-order valence-electron chi connectivity index (χ4n) is 1.12. The summed E-state index contributed by atoms with van der Waals surface area (Å²) in [6.07, 6.45) is 0. The number of benzene rings is 1. The first kappa shape index (κ1) is 9.16. The van der Waals surface area contributed by atoms with Crippen LogP contribution in [0.1, 0.15) is 5.69 Å². The van der Waals surface area contributed by atoms with E-state index in [-0.39, 0.29) is 0 Å². The van der Waals surface area contributed by atoms with E-state index in [9.17, 15) is 0 Å². The lowest BCUT2D eigenvalue weighted by Gasteiger charge is -1.99. The van der Waals surface area contributed by atoms with Crippen LogP contribution in [0.3, 0.4) is 0 Å². The molecule has 0 unspecified atom stereocenters. The van der Waals surface area contributed by atoms with E-state index in [0.717, 1.165) is 22.0 Å². The van der Waals surface area contributed by atoms with Crippen LogP contribution in [0, 0.1) is 13.0 Å². The Balaban J connectivity index is 2.40. The van der Waals surface area contributed by atoms with Gasteiger partial charge in [0.1, 0.15) is 0 Å². The van der Waals surface area contributed by atoms with Gasteiger partial charge in [-0.3, -0.25) is 0 Å². The first-order chi connectivity index (χ1) is 6.75. The Kier molecular flexibility index (Phi) is 2.46. The Morgan fingerprint density at radius 2 is 1.86 bits per heavy atom. The lowest BCUT2D eigenvalue weighted by Crippen LogP contribution is -1.89. The van der Waals surface area contributed by atoms with Crippen LogP contribution >= 0.6 is 11.6 Å². The third kappa shape index (κ3) is 1.91. The summed E-state index contributed by atoms with van der Waals surface area (Å²) in [4.78, 5) is 0. The first-order valence-corrected chi connectivity index (χ1v) is 4.61. The molecule has 1 heterocycles. The minimum Gasteiger partial charge on any atom is -0.155 e. The molecule has 69 valence electrons. The largest absolute Gasteiger partial charge is 0.155 e. The van der Waals surface area contributed by atoms with Gasteiger partial charge < -0.3 is 0 Å². The van der Waals surface area contributed by atoms with E-state index in [1.54, 1.807) is 0 Å². The van der Waals surface area contributed by atoms with E-state index in [0.29, 0.717) is 0 Å². The molecule has 0 fully saturated rings. The third-order valence-corrected chi connectivity index (χ3v) is 2.12. The van der Waals surface area contributed by atoms with Crippen molar-refractivity contribution < 1.29 is 0 Å². The van der Waals surface area contributed by atoms with E-state index in [4.69, 9.17) is 11.6 Å². The lowest BCUT2D eigenvalue weighted by atomic mass is 10.1. The highest BCUT2D eigenvalue weighted by molar-refractivity contribution is 6.30. The number of hydrogen-bond donors (Lipinski definition) is 0. The predicted molar refractivity (Wildman–Crippen MR) is 56.1 cm³/mol. The van der Waals surface area contributed by atoms with Crippen molar-refractivity contribution in [3.8, 4) is 11.3 Å². The molecule has 0 N–H and O–H groups in total. The van der Waals surface area contributed by atoms with Crippen LogP contribution in [-0.2, 0) is 0 Å². The number of rotatable bonds is 1. The maximum absolute atomic E-state index is 5.78. The van der Waals surface area contributed by atoms with Crippen molar-refractivity contribution in [3.05, 3.63) is 47.1 Å². The highest BCUT2D eigenvalue weighted by Gasteiger charge is 1.99. The maximum atomic E-state index is 5.78. The predicted octanol–water partition coefficient (Wildman–Crippen LogP) is 2.91. The molecule has 1 radical (unpaired) electrons. The summed E-state index contributed by atoms with van der Waals surface area (Å²) in [5.74, 6) is 0. The molecule has 1 aromatic heterocycles. The highest BCUT2D eigenvalue weighted by atomic mass is 35.5. The average Bonchev–Trinajstić information content (AvgIpc) is 2.21. The van der Waals surface area contributed by atoms with E-state index < -0.39 is 0 Å². The molecule has 0 amide bonds. The highest BCUT2D eigenvalue weighted by Crippen LogP contribution is 2.18. The number of aryl methyl sites for hydroxylation is 1. The summed E-state index contributed by atoms with van der Waals surface area (Å²) >= 11 is 5.78. The van der Waals surface area contributed by atoms with Gasteiger partial charge in [-0.2, -0.15) is 10.2 Å². The zero-order valence-electron chi connectivity index (χ0n) is 7.66. The van der Waals surface area contributed by atoms with Gasteiger partial charge in [-0.25, -0.2) is 0 Å². The standard InChI is InChI=1S/C11H8ClN2/c1-8-2-7-11(14-13-8)9-3-5-10(12)6-4-9/h3-7H,1H3. The Bertz CT molecular complexity index is 377. The molecular formula is C11H8ClN2. The van der Waals surface area contributed by atoms with Crippen molar-refractivity contribution in [2.24, 2.45) is 0 Å². The van der Waals surface area contributed by atoms with Crippen molar-refractivity contribution in [1.82, 2.24) is 10.2 Å². The minimum absolute atomic E-state index is 0.720. The van der Waals surface area contributed by atoms with Crippen molar-refractivity contribution in [1.29, 1.82) is 0 Å². The summed E-state index contributed by atoms with van der Waals surface area (Å²) in [5, 5.41) is 8.71. The van der Waals surface area contributed by atoms with Crippen LogP contribution in [0.2, 0.25) is 5.02 Å². The Hall–Kier alpha value is -1.41. The van der Waals surface area contributed by atoms with Crippen LogP contribution in [0.5, 0.6) is 0 Å². The van der Waals surface area contributed by atoms with Crippen LogP contribution < -0.4 is 0 Å². The monoisotopic (exact) mass is 203 g/mol. The molecule has 3 heteroatoms. The van der Waals surface area contributed by atoms with E-state index in [1.807, 2.05) is 37.3 Å². The molecule has 0 spiro atoms. The van der Waals surface area contributed by atoms with E-state index in [2.05, 4.69) is 16.3 Å². The summed E-state index contributed by atoms with van der Waals surface area (Å²) in [6.45, 7) is 1.86. The van der Waals surface area contributed by atoms with Gasteiger partial charge >= 0.3 is 0 Å². The molecule has 1 aromatic carbocycles. The van der Waals surface area contributed by atoms with Crippen LogP contribution in [0.25, 0.3) is 11.3 Å². The smallest absolute Gasteiger partial charge is 0.0936 e. The van der Waals surface area contributed by atoms with Crippen LogP contribution in [0.4, 0.5) is 0 Å². The fraction of sp³-hybridized carbons (Fsp3) is 0.0909. The summed E-state index contributed by atoms with van der Waals surface area (Å²) in [7, 11) is 0.